The van der Waals surface area contributed by atoms with E-state index in [1.807, 2.05) is 28.1 Å². The number of thiophene rings is 1. The van der Waals surface area contributed by atoms with Gasteiger partial charge in [0, 0.05) is 53.3 Å². The largest absolute Gasteiger partial charge is 0.416 e. The van der Waals surface area contributed by atoms with Crippen LogP contribution in [0.25, 0.3) is 0 Å². The summed E-state index contributed by atoms with van der Waals surface area (Å²) < 4.78 is 41.8. The van der Waals surface area contributed by atoms with E-state index in [-0.39, 0.29) is 28.9 Å². The van der Waals surface area contributed by atoms with Gasteiger partial charge in [-0.05, 0) is 66.2 Å². The number of rotatable bonds is 6. The van der Waals surface area contributed by atoms with Crippen molar-refractivity contribution in [1.82, 2.24) is 9.88 Å². The van der Waals surface area contributed by atoms with Crippen LogP contribution < -0.4 is 21.1 Å². The SMILES string of the molecule is O=C(NCc1cccs1)c1ccc(N2C[C@H]3C[C@@H](C2)c2cccc(=O)n2C3)c(NC(=O)c2cccc(C(F)(F)F)c2)c1. The summed E-state index contributed by atoms with van der Waals surface area (Å²) in [4.78, 5) is 41.9. The monoisotopic (exact) mass is 592 g/mol. The van der Waals surface area contributed by atoms with Gasteiger partial charge in [0.2, 0.25) is 0 Å². The second-order valence-electron chi connectivity index (χ2n) is 10.6. The molecule has 7 nitrogen and oxygen atoms in total. The summed E-state index contributed by atoms with van der Waals surface area (Å²) in [5.41, 5.74) is 1.16. The van der Waals surface area contributed by atoms with Crippen molar-refractivity contribution in [2.45, 2.75) is 31.6 Å². The number of piperidine rings is 1. The predicted molar refractivity (Wildman–Crippen MR) is 155 cm³/mol. The summed E-state index contributed by atoms with van der Waals surface area (Å²) in [5, 5.41) is 7.57. The number of alkyl halides is 3. The Hall–Kier alpha value is -4.38. The molecule has 42 heavy (non-hydrogen) atoms. The molecule has 2 bridgehead atoms. The van der Waals surface area contributed by atoms with Crippen molar-refractivity contribution in [3.05, 3.63) is 116 Å². The molecule has 11 heteroatoms. The second kappa shape index (κ2) is 11.1. The number of pyridine rings is 1. The number of amides is 2. The molecule has 2 aromatic carbocycles. The molecule has 0 spiro atoms. The van der Waals surface area contributed by atoms with Gasteiger partial charge < -0.3 is 20.1 Å². The van der Waals surface area contributed by atoms with Gasteiger partial charge in [0.1, 0.15) is 0 Å². The minimum absolute atomic E-state index is 0.0254. The number of hydrogen-bond donors (Lipinski definition) is 2. The Morgan fingerprint density at radius 1 is 0.905 bits per heavy atom. The Morgan fingerprint density at radius 3 is 2.50 bits per heavy atom. The third-order valence-electron chi connectivity index (χ3n) is 7.78. The van der Waals surface area contributed by atoms with Crippen LogP contribution in [0.1, 0.15) is 49.2 Å². The molecule has 6 rings (SSSR count). The number of carbonyl (C=O) groups excluding carboxylic acids is 2. The first-order valence-electron chi connectivity index (χ1n) is 13.5. The van der Waals surface area contributed by atoms with Gasteiger partial charge >= 0.3 is 6.18 Å². The Balaban J connectivity index is 1.31. The maximum atomic E-state index is 13.3. The van der Waals surface area contributed by atoms with Gasteiger partial charge in [-0.1, -0.05) is 18.2 Å². The molecule has 0 unspecified atom stereocenters. The molecule has 2 aliphatic heterocycles. The van der Waals surface area contributed by atoms with Crippen LogP contribution in [0.3, 0.4) is 0 Å². The molecule has 216 valence electrons. The predicted octanol–water partition coefficient (Wildman–Crippen LogP) is 5.73. The Kier molecular flexibility index (Phi) is 7.36. The Morgan fingerprint density at radius 2 is 1.71 bits per heavy atom. The lowest BCUT2D eigenvalue weighted by Gasteiger charge is -2.44. The van der Waals surface area contributed by atoms with Gasteiger partial charge in [0.15, 0.2) is 0 Å². The maximum absolute atomic E-state index is 13.3. The van der Waals surface area contributed by atoms with Gasteiger partial charge in [-0.3, -0.25) is 14.4 Å². The van der Waals surface area contributed by atoms with Gasteiger partial charge in [-0.2, -0.15) is 13.2 Å². The highest BCUT2D eigenvalue weighted by Crippen LogP contribution is 2.39. The highest BCUT2D eigenvalue weighted by atomic mass is 32.1. The highest BCUT2D eigenvalue weighted by Gasteiger charge is 2.36. The van der Waals surface area contributed by atoms with E-state index in [0.29, 0.717) is 43.1 Å². The lowest BCUT2D eigenvalue weighted by Crippen LogP contribution is -2.47. The summed E-state index contributed by atoms with van der Waals surface area (Å²) in [5.74, 6) is -0.773. The van der Waals surface area contributed by atoms with Crippen molar-refractivity contribution in [2.24, 2.45) is 5.92 Å². The van der Waals surface area contributed by atoms with E-state index in [0.717, 1.165) is 29.1 Å². The molecular formula is C31H27F3N4O3S. The van der Waals surface area contributed by atoms with Gasteiger partial charge in [0.05, 0.1) is 23.5 Å². The highest BCUT2D eigenvalue weighted by molar-refractivity contribution is 7.09. The number of nitrogens with one attached hydrogen (secondary N) is 2. The molecule has 4 heterocycles. The molecule has 2 amide bonds. The third-order valence-corrected chi connectivity index (χ3v) is 8.66. The summed E-state index contributed by atoms with van der Waals surface area (Å²) in [6.07, 6.45) is -3.67. The Labute approximate surface area is 243 Å². The van der Waals surface area contributed by atoms with Gasteiger partial charge in [-0.25, -0.2) is 0 Å². The van der Waals surface area contributed by atoms with Gasteiger partial charge in [0.25, 0.3) is 17.4 Å². The van der Waals surface area contributed by atoms with E-state index in [1.54, 1.807) is 30.3 Å². The van der Waals surface area contributed by atoms with Crippen molar-refractivity contribution in [1.29, 1.82) is 0 Å². The number of benzene rings is 2. The number of hydrogen-bond acceptors (Lipinski definition) is 5. The van der Waals surface area contributed by atoms with Crippen LogP contribution in [0.2, 0.25) is 0 Å². The second-order valence-corrected chi connectivity index (χ2v) is 11.7. The standard InChI is InChI=1S/C31H27F3N4O3S/c32-31(33,34)23-5-1-4-20(13-23)30(41)36-25-14-21(29(40)35-15-24-6-3-11-42-24)9-10-27(25)37-16-19-12-22(18-37)26-7-2-8-28(39)38(26)17-19/h1-11,13-14,19,22H,12,15-18H2,(H,35,40)(H,36,41)/t19-,22+/m1/s1. The Bertz CT molecular complexity index is 1700. The van der Waals surface area contributed by atoms with Crippen LogP contribution in [-0.4, -0.2) is 29.5 Å². The molecule has 1 fully saturated rings. The zero-order valence-electron chi connectivity index (χ0n) is 22.4. The van der Waals surface area contributed by atoms with E-state index < -0.39 is 17.6 Å². The van der Waals surface area contributed by atoms with Crippen LogP contribution in [0.15, 0.2) is 83.0 Å². The molecule has 2 aliphatic rings. The number of anilines is 2. The van der Waals surface area contributed by atoms with E-state index in [2.05, 4.69) is 15.5 Å². The van der Waals surface area contributed by atoms with Crippen LogP contribution in [0.5, 0.6) is 0 Å². The molecule has 4 aromatic rings. The average molecular weight is 593 g/mol. The normalized spacial score (nSPS) is 17.8. The minimum Gasteiger partial charge on any atom is -0.369 e. The van der Waals surface area contributed by atoms with Gasteiger partial charge in [-0.15, -0.1) is 11.3 Å². The molecule has 1 saturated heterocycles. The number of fused-ring (bicyclic) bond motifs is 4. The average Bonchev–Trinajstić information content (AvgIpc) is 3.50. The van der Waals surface area contributed by atoms with Crippen molar-refractivity contribution in [2.75, 3.05) is 23.3 Å². The molecule has 2 aromatic heterocycles. The molecule has 0 saturated carbocycles. The lowest BCUT2D eigenvalue weighted by molar-refractivity contribution is -0.137. The smallest absolute Gasteiger partial charge is 0.369 e. The summed E-state index contributed by atoms with van der Waals surface area (Å²) in [7, 11) is 0. The number of carbonyl (C=O) groups is 2. The molecule has 2 N–H and O–H groups in total. The topological polar surface area (TPSA) is 83.4 Å². The summed E-state index contributed by atoms with van der Waals surface area (Å²) >= 11 is 1.52. The van der Waals surface area contributed by atoms with Crippen LogP contribution in [0, 0.1) is 5.92 Å². The molecule has 0 aliphatic carbocycles. The lowest BCUT2D eigenvalue weighted by atomic mass is 9.83. The quantitative estimate of drug-likeness (QED) is 0.300. The summed E-state index contributed by atoms with van der Waals surface area (Å²) in [6, 6.07) is 18.3. The van der Waals surface area contributed by atoms with E-state index in [4.69, 9.17) is 0 Å². The maximum Gasteiger partial charge on any atom is 0.416 e. The zero-order valence-corrected chi connectivity index (χ0v) is 23.2. The van der Waals surface area contributed by atoms with E-state index >= 15 is 0 Å². The fourth-order valence-corrected chi connectivity index (χ4v) is 6.50. The fourth-order valence-electron chi connectivity index (χ4n) is 5.86. The van der Waals surface area contributed by atoms with Crippen LogP contribution in [0.4, 0.5) is 24.5 Å². The van der Waals surface area contributed by atoms with Crippen LogP contribution >= 0.6 is 11.3 Å². The van der Waals surface area contributed by atoms with E-state index in [1.165, 1.54) is 23.5 Å². The molecular weight excluding hydrogens is 565 g/mol. The van der Waals surface area contributed by atoms with Crippen molar-refractivity contribution in [3.8, 4) is 0 Å². The number of halogens is 3. The summed E-state index contributed by atoms with van der Waals surface area (Å²) in [6.45, 7) is 2.12. The van der Waals surface area contributed by atoms with Crippen molar-refractivity contribution in [3.63, 3.8) is 0 Å². The first-order chi connectivity index (χ1) is 20.2. The van der Waals surface area contributed by atoms with E-state index in [9.17, 15) is 27.6 Å². The fraction of sp³-hybridized carbons (Fsp3) is 0.258. The number of aromatic nitrogens is 1. The third kappa shape index (κ3) is 5.69. The first kappa shape index (κ1) is 27.8. The number of nitrogens with zero attached hydrogens (tertiary/aromatic N) is 2. The zero-order chi connectivity index (χ0) is 29.4. The van der Waals surface area contributed by atoms with Crippen LogP contribution in [-0.2, 0) is 19.3 Å². The van der Waals surface area contributed by atoms with Crippen molar-refractivity contribution >= 4 is 34.5 Å². The first-order valence-corrected chi connectivity index (χ1v) is 14.4. The minimum atomic E-state index is -4.59. The molecule has 0 radical (unpaired) electrons. The molecule has 2 atom stereocenters. The van der Waals surface area contributed by atoms with Crippen molar-refractivity contribution < 1.29 is 22.8 Å².